The van der Waals surface area contributed by atoms with Crippen molar-refractivity contribution >= 4 is 33.9 Å². The van der Waals surface area contributed by atoms with E-state index in [0.29, 0.717) is 23.9 Å². The minimum absolute atomic E-state index is 0.146. The molecule has 2 aromatic carbocycles. The van der Waals surface area contributed by atoms with Crippen molar-refractivity contribution in [2.75, 3.05) is 10.0 Å². The molecule has 0 aliphatic heterocycles. The minimum atomic E-state index is -2.68. The molecular weight excluding hydrogens is 420 g/mol. The van der Waals surface area contributed by atoms with Gasteiger partial charge in [-0.2, -0.15) is 0 Å². The van der Waals surface area contributed by atoms with Gasteiger partial charge >= 0.3 is 0 Å². The predicted octanol–water partition coefficient (Wildman–Crippen LogP) is 4.44. The topological polar surface area (TPSA) is 97.1 Å². The number of aryl methyl sites for hydroxylation is 1. The van der Waals surface area contributed by atoms with E-state index in [4.69, 9.17) is 4.42 Å². The van der Waals surface area contributed by atoms with Crippen LogP contribution in [0.25, 0.3) is 11.3 Å². The summed E-state index contributed by atoms with van der Waals surface area (Å²) in [6.45, 7) is 1.97. The van der Waals surface area contributed by atoms with E-state index in [1.165, 1.54) is 0 Å². The molecule has 1 atom stereocenters. The van der Waals surface area contributed by atoms with E-state index in [1.807, 2.05) is 54.8 Å². The number of thiol groups is 1. The average molecular weight is 441 g/mol. The van der Waals surface area contributed by atoms with Crippen LogP contribution in [0.1, 0.15) is 22.3 Å². The van der Waals surface area contributed by atoms with Crippen molar-refractivity contribution < 1.29 is 12.8 Å². The van der Waals surface area contributed by atoms with Crippen LogP contribution in [-0.4, -0.2) is 18.4 Å². The maximum atomic E-state index is 10.8. The van der Waals surface area contributed by atoms with Gasteiger partial charge in [-0.3, -0.25) is 4.72 Å². The van der Waals surface area contributed by atoms with Gasteiger partial charge < -0.3 is 9.73 Å². The summed E-state index contributed by atoms with van der Waals surface area (Å²) < 4.78 is 29.9. The lowest BCUT2D eigenvalue weighted by Crippen LogP contribution is -2.14. The number of benzene rings is 2. The molecule has 7 nitrogen and oxygen atoms in total. The number of rotatable bonds is 8. The van der Waals surface area contributed by atoms with Gasteiger partial charge in [0.25, 0.3) is 6.01 Å². The molecule has 0 aliphatic rings. The predicted molar refractivity (Wildman–Crippen MR) is 119 cm³/mol. The normalized spacial score (nSPS) is 12.1. The molecule has 0 fully saturated rings. The van der Waals surface area contributed by atoms with E-state index < -0.39 is 10.9 Å². The van der Waals surface area contributed by atoms with Crippen LogP contribution in [-0.2, 0) is 17.3 Å². The Morgan fingerprint density at radius 1 is 1.10 bits per heavy atom. The zero-order chi connectivity index (χ0) is 20.9. The first-order chi connectivity index (χ1) is 14.6. The van der Waals surface area contributed by atoms with Crippen LogP contribution in [0.3, 0.4) is 0 Å². The number of hydrogen-bond acceptors (Lipinski definition) is 7. The van der Waals surface area contributed by atoms with Crippen LogP contribution < -0.4 is 10.0 Å². The van der Waals surface area contributed by atoms with Crippen LogP contribution >= 0.6 is 11.3 Å². The number of thiazole rings is 1. The summed E-state index contributed by atoms with van der Waals surface area (Å²) in [5.74, 6) is 0.688. The third-order valence-corrected chi connectivity index (χ3v) is 5.70. The molecule has 4 rings (SSSR count). The lowest BCUT2D eigenvalue weighted by Gasteiger charge is -2.16. The number of oxazole rings is 1. The number of hydrogen-bond donors (Lipinski definition) is 3. The van der Waals surface area contributed by atoms with Gasteiger partial charge in [0.2, 0.25) is 10.9 Å². The summed E-state index contributed by atoms with van der Waals surface area (Å²) >= 11 is 1.59. The van der Waals surface area contributed by atoms with E-state index in [2.05, 4.69) is 20.0 Å². The first-order valence-electron chi connectivity index (χ1n) is 9.26. The van der Waals surface area contributed by atoms with Gasteiger partial charge in [0.05, 0.1) is 22.9 Å². The molecule has 0 radical (unpaired) electrons. The molecule has 30 heavy (non-hydrogen) atoms. The summed E-state index contributed by atoms with van der Waals surface area (Å²) in [4.78, 5) is 8.99. The zero-order valence-corrected chi connectivity index (χ0v) is 17.8. The fourth-order valence-electron chi connectivity index (χ4n) is 3.05. The van der Waals surface area contributed by atoms with Gasteiger partial charge in [0.15, 0.2) is 5.76 Å². The quantitative estimate of drug-likeness (QED) is 0.351. The monoisotopic (exact) mass is 440 g/mol. The first kappa shape index (κ1) is 20.1. The Bertz CT molecular complexity index is 1180. The molecule has 154 valence electrons. The fourth-order valence-corrected chi connectivity index (χ4v) is 4.08. The number of nitrogens with zero attached hydrogens (tertiary/aromatic N) is 2. The molecule has 0 bridgehead atoms. The summed E-state index contributed by atoms with van der Waals surface area (Å²) in [6, 6.07) is 17.3. The third kappa shape index (κ3) is 5.05. The van der Waals surface area contributed by atoms with Gasteiger partial charge in [0, 0.05) is 16.6 Å². The highest BCUT2D eigenvalue weighted by Crippen LogP contribution is 2.28. The Kier molecular flexibility index (Phi) is 6.10. The molecule has 0 saturated heterocycles. The van der Waals surface area contributed by atoms with Crippen molar-refractivity contribution in [3.8, 4) is 11.3 Å². The molecule has 0 saturated carbocycles. The average Bonchev–Trinajstić information content (AvgIpc) is 3.38. The van der Waals surface area contributed by atoms with E-state index in [-0.39, 0.29) is 6.04 Å². The Balaban J connectivity index is 1.54. The van der Waals surface area contributed by atoms with Crippen LogP contribution in [0.15, 0.2) is 70.6 Å². The molecule has 0 aliphatic carbocycles. The van der Waals surface area contributed by atoms with Crippen molar-refractivity contribution in [3.63, 3.8) is 0 Å². The Morgan fingerprint density at radius 2 is 1.87 bits per heavy atom. The van der Waals surface area contributed by atoms with Crippen molar-refractivity contribution in [2.24, 2.45) is 0 Å². The molecule has 2 aromatic heterocycles. The van der Waals surface area contributed by atoms with Gasteiger partial charge in [0.1, 0.15) is 0 Å². The van der Waals surface area contributed by atoms with Crippen LogP contribution in [0.5, 0.6) is 0 Å². The summed E-state index contributed by atoms with van der Waals surface area (Å²) in [6.07, 6.45) is 2.33. The molecule has 2 heterocycles. The van der Waals surface area contributed by atoms with E-state index >= 15 is 0 Å². The largest absolute Gasteiger partial charge is 0.424 e. The van der Waals surface area contributed by atoms with E-state index in [1.54, 1.807) is 29.7 Å². The first-order valence-corrected chi connectivity index (χ1v) is 11.3. The smallest absolute Gasteiger partial charge is 0.295 e. The summed E-state index contributed by atoms with van der Waals surface area (Å²) in [5.41, 5.74) is 3.42. The molecule has 0 unspecified atom stereocenters. The number of aromatic nitrogens is 2. The second-order valence-corrected chi connectivity index (χ2v) is 8.45. The molecular formula is C21H20N4O3S2. The SMILES string of the molecule is Cc1nc([C@H](Cc2ccc(N[SH](=O)=O)cc2)Nc2ncc(-c3ccccc3)o2)cs1. The fraction of sp³-hybridized carbons (Fsp3) is 0.143. The highest BCUT2D eigenvalue weighted by molar-refractivity contribution is 7.73. The molecule has 2 N–H and O–H groups in total. The second-order valence-electron chi connectivity index (χ2n) is 6.65. The lowest BCUT2D eigenvalue weighted by molar-refractivity contribution is 0.568. The highest BCUT2D eigenvalue weighted by Gasteiger charge is 2.18. The van der Waals surface area contributed by atoms with Crippen molar-refractivity contribution in [3.05, 3.63) is 82.4 Å². The van der Waals surface area contributed by atoms with Gasteiger partial charge in [-0.05, 0) is 31.0 Å². The Labute approximate surface area is 179 Å². The maximum Gasteiger partial charge on any atom is 0.295 e. The molecule has 0 spiro atoms. The zero-order valence-electron chi connectivity index (χ0n) is 16.1. The summed E-state index contributed by atoms with van der Waals surface area (Å²) in [7, 11) is -2.68. The van der Waals surface area contributed by atoms with Gasteiger partial charge in [-0.15, -0.1) is 11.3 Å². The molecule has 9 heteroatoms. The number of nitrogens with one attached hydrogen (secondary N) is 2. The maximum absolute atomic E-state index is 10.8. The standard InChI is InChI=1S/C21H20N4O3S2/c1-14-23-19(13-29-14)18(11-15-7-9-17(10-8-15)25-30(26)27)24-21-22-12-20(28-21)16-5-3-2-4-6-16/h2-10,12-13,18,30H,11H2,1H3,(H,22,24)(H,25,26,27)/t18-/m0/s1. The molecule has 4 aromatic rings. The summed E-state index contributed by atoms with van der Waals surface area (Å²) in [5, 5.41) is 6.35. The lowest BCUT2D eigenvalue weighted by atomic mass is 10.0. The van der Waals surface area contributed by atoms with Crippen molar-refractivity contribution in [2.45, 2.75) is 19.4 Å². The molecule has 0 amide bonds. The number of anilines is 2. The highest BCUT2D eigenvalue weighted by atomic mass is 32.2. The van der Waals surface area contributed by atoms with Crippen LogP contribution in [0, 0.1) is 6.92 Å². The van der Waals surface area contributed by atoms with Crippen LogP contribution in [0.2, 0.25) is 0 Å². The van der Waals surface area contributed by atoms with E-state index in [9.17, 15) is 8.42 Å². The van der Waals surface area contributed by atoms with Crippen LogP contribution in [0.4, 0.5) is 11.7 Å². The third-order valence-electron chi connectivity index (χ3n) is 4.47. The van der Waals surface area contributed by atoms with Gasteiger partial charge in [-0.25, -0.2) is 18.4 Å². The van der Waals surface area contributed by atoms with Crippen molar-refractivity contribution in [1.29, 1.82) is 0 Å². The van der Waals surface area contributed by atoms with Gasteiger partial charge in [-0.1, -0.05) is 42.5 Å². The second kappa shape index (κ2) is 9.10. The van der Waals surface area contributed by atoms with Crippen molar-refractivity contribution in [1.82, 2.24) is 9.97 Å². The Hall–Kier alpha value is -3.17. The Morgan fingerprint density at radius 3 is 2.53 bits per heavy atom. The van der Waals surface area contributed by atoms with E-state index in [0.717, 1.165) is 21.8 Å². The minimum Gasteiger partial charge on any atom is -0.424 e.